The highest BCUT2D eigenvalue weighted by Gasteiger charge is 2.28. The molecule has 0 unspecified atom stereocenters. The molecule has 0 fully saturated rings. The zero-order valence-corrected chi connectivity index (χ0v) is 12.0. The van der Waals surface area contributed by atoms with Crippen LogP contribution in [0.25, 0.3) is 0 Å². The Morgan fingerprint density at radius 3 is 2.50 bits per heavy atom. The van der Waals surface area contributed by atoms with Crippen LogP contribution in [-0.2, 0) is 14.8 Å². The predicted octanol–water partition coefficient (Wildman–Crippen LogP) is 1.31. The number of carboxylic acids is 1. The van der Waals surface area contributed by atoms with Gasteiger partial charge in [0.25, 0.3) is 5.69 Å². The molecule has 1 rings (SSSR count). The SMILES string of the molecule is Cc1cc([N+](=O)[O-])c(Cl)c(S(=O)(=O)N[C@@H](C)C(=O)O)c1. The fourth-order valence-electron chi connectivity index (χ4n) is 1.39. The lowest BCUT2D eigenvalue weighted by Crippen LogP contribution is -2.38. The van der Waals surface area contributed by atoms with Gasteiger partial charge in [-0.3, -0.25) is 14.9 Å². The normalized spacial score (nSPS) is 12.9. The molecule has 0 heterocycles. The van der Waals surface area contributed by atoms with Crippen molar-refractivity contribution in [3.05, 3.63) is 32.8 Å². The Balaban J connectivity index is 3.39. The number of rotatable bonds is 5. The first-order valence-corrected chi connectivity index (χ1v) is 7.12. The average molecular weight is 323 g/mol. The minimum Gasteiger partial charge on any atom is -0.480 e. The molecule has 0 saturated carbocycles. The molecule has 0 bridgehead atoms. The third-order valence-corrected chi connectivity index (χ3v) is 4.43. The van der Waals surface area contributed by atoms with E-state index in [9.17, 15) is 23.3 Å². The van der Waals surface area contributed by atoms with Crippen LogP contribution in [0.5, 0.6) is 0 Å². The summed E-state index contributed by atoms with van der Waals surface area (Å²) in [6, 6.07) is 0.865. The number of nitro benzene ring substituents is 1. The molecular weight excluding hydrogens is 312 g/mol. The van der Waals surface area contributed by atoms with E-state index in [2.05, 4.69) is 0 Å². The first kappa shape index (κ1) is 16.3. The lowest BCUT2D eigenvalue weighted by molar-refractivity contribution is -0.385. The van der Waals surface area contributed by atoms with Gasteiger partial charge in [0.2, 0.25) is 10.0 Å². The summed E-state index contributed by atoms with van der Waals surface area (Å²) in [5.41, 5.74) is -0.250. The molecule has 1 aromatic rings. The molecule has 0 aromatic heterocycles. The largest absolute Gasteiger partial charge is 0.480 e. The number of hydrogen-bond donors (Lipinski definition) is 2. The minimum absolute atomic E-state index is 0.310. The van der Waals surface area contributed by atoms with E-state index in [4.69, 9.17) is 16.7 Å². The second-order valence-electron chi connectivity index (χ2n) is 4.03. The smallest absolute Gasteiger partial charge is 0.321 e. The number of hydrogen-bond acceptors (Lipinski definition) is 5. The molecule has 0 saturated heterocycles. The highest BCUT2D eigenvalue weighted by Crippen LogP contribution is 2.32. The molecule has 110 valence electrons. The fourth-order valence-corrected chi connectivity index (χ4v) is 3.25. The van der Waals surface area contributed by atoms with Crippen LogP contribution in [-0.4, -0.2) is 30.5 Å². The van der Waals surface area contributed by atoms with Gasteiger partial charge in [0.1, 0.15) is 16.0 Å². The number of carbonyl (C=O) groups is 1. The molecule has 0 spiro atoms. The van der Waals surface area contributed by atoms with E-state index in [0.29, 0.717) is 5.56 Å². The molecular formula is C10H11ClN2O6S. The maximum atomic E-state index is 12.0. The van der Waals surface area contributed by atoms with E-state index in [-0.39, 0.29) is 0 Å². The van der Waals surface area contributed by atoms with E-state index in [1.54, 1.807) is 0 Å². The molecule has 1 atom stereocenters. The number of nitrogens with zero attached hydrogens (tertiary/aromatic N) is 1. The second-order valence-corrected chi connectivity index (χ2v) is 6.09. The Bertz CT molecular complexity index is 673. The van der Waals surface area contributed by atoms with Gasteiger partial charge in [0.15, 0.2) is 0 Å². The van der Waals surface area contributed by atoms with Gasteiger partial charge in [0.05, 0.1) is 4.92 Å². The van der Waals surface area contributed by atoms with E-state index in [1.807, 2.05) is 4.72 Å². The molecule has 0 radical (unpaired) electrons. The van der Waals surface area contributed by atoms with Gasteiger partial charge >= 0.3 is 5.97 Å². The topological polar surface area (TPSA) is 127 Å². The number of sulfonamides is 1. The summed E-state index contributed by atoms with van der Waals surface area (Å²) in [6.45, 7) is 2.58. The highest BCUT2D eigenvalue weighted by molar-refractivity contribution is 7.89. The van der Waals surface area contributed by atoms with E-state index in [0.717, 1.165) is 19.1 Å². The van der Waals surface area contributed by atoms with Crippen LogP contribution in [0.15, 0.2) is 17.0 Å². The van der Waals surface area contributed by atoms with Crippen LogP contribution in [0.2, 0.25) is 5.02 Å². The monoisotopic (exact) mass is 322 g/mol. The van der Waals surface area contributed by atoms with Crippen molar-refractivity contribution >= 4 is 33.3 Å². The number of benzene rings is 1. The summed E-state index contributed by atoms with van der Waals surface area (Å²) in [6.07, 6.45) is 0. The van der Waals surface area contributed by atoms with E-state index in [1.165, 1.54) is 6.92 Å². The maximum absolute atomic E-state index is 12.0. The van der Waals surface area contributed by atoms with Crippen molar-refractivity contribution in [1.29, 1.82) is 0 Å². The van der Waals surface area contributed by atoms with Crippen LogP contribution < -0.4 is 4.72 Å². The predicted molar refractivity (Wildman–Crippen MR) is 70.3 cm³/mol. The molecule has 8 nitrogen and oxygen atoms in total. The van der Waals surface area contributed by atoms with Crippen molar-refractivity contribution in [1.82, 2.24) is 4.72 Å². The molecule has 0 aliphatic carbocycles. The summed E-state index contributed by atoms with van der Waals surface area (Å²) < 4.78 is 25.9. The average Bonchev–Trinajstić information content (AvgIpc) is 2.30. The Morgan fingerprint density at radius 2 is 2.05 bits per heavy atom. The summed E-state index contributed by atoms with van der Waals surface area (Å²) in [7, 11) is -4.28. The van der Waals surface area contributed by atoms with Gasteiger partial charge in [-0.15, -0.1) is 0 Å². The number of nitro groups is 1. The Kier molecular flexibility index (Phi) is 4.69. The summed E-state index contributed by atoms with van der Waals surface area (Å²) in [4.78, 5) is 20.1. The number of nitrogens with one attached hydrogen (secondary N) is 1. The highest BCUT2D eigenvalue weighted by atomic mass is 35.5. The summed E-state index contributed by atoms with van der Waals surface area (Å²) >= 11 is 5.72. The first-order valence-electron chi connectivity index (χ1n) is 5.26. The standard InChI is InChI=1S/C10H11ClN2O6S/c1-5-3-7(13(16)17)9(11)8(4-5)20(18,19)12-6(2)10(14)15/h3-4,6,12H,1-2H3,(H,14,15)/t6-/m0/s1. The molecule has 2 N–H and O–H groups in total. The number of carboxylic acid groups (broad SMARTS) is 1. The first-order chi connectivity index (χ1) is 9.06. The van der Waals surface area contributed by atoms with Crippen LogP contribution >= 0.6 is 11.6 Å². The molecule has 10 heteroatoms. The third kappa shape index (κ3) is 3.44. The van der Waals surface area contributed by atoms with Crippen molar-refractivity contribution in [2.75, 3.05) is 0 Å². The van der Waals surface area contributed by atoms with E-state index < -0.39 is 42.6 Å². The fraction of sp³-hybridized carbons (Fsp3) is 0.300. The Labute approximate surface area is 119 Å². The molecule has 0 amide bonds. The van der Waals surface area contributed by atoms with Gasteiger partial charge in [-0.25, -0.2) is 8.42 Å². The zero-order chi connectivity index (χ0) is 15.7. The summed E-state index contributed by atoms with van der Waals surface area (Å²) in [5.74, 6) is -1.38. The second kappa shape index (κ2) is 5.73. The van der Waals surface area contributed by atoms with Gasteiger partial charge in [-0.1, -0.05) is 11.6 Å². The zero-order valence-electron chi connectivity index (χ0n) is 10.5. The van der Waals surface area contributed by atoms with Gasteiger partial charge in [-0.05, 0) is 25.5 Å². The molecule has 1 aromatic carbocycles. The van der Waals surface area contributed by atoms with Crippen molar-refractivity contribution in [3.63, 3.8) is 0 Å². The van der Waals surface area contributed by atoms with Crippen LogP contribution in [0.3, 0.4) is 0 Å². The van der Waals surface area contributed by atoms with Gasteiger partial charge in [0, 0.05) is 6.07 Å². The van der Waals surface area contributed by atoms with Gasteiger partial charge in [-0.2, -0.15) is 4.72 Å². The maximum Gasteiger partial charge on any atom is 0.321 e. The van der Waals surface area contributed by atoms with E-state index >= 15 is 0 Å². The van der Waals surface area contributed by atoms with Crippen LogP contribution in [0.1, 0.15) is 12.5 Å². The third-order valence-electron chi connectivity index (χ3n) is 2.35. The van der Waals surface area contributed by atoms with Crippen LogP contribution in [0.4, 0.5) is 5.69 Å². The molecule has 20 heavy (non-hydrogen) atoms. The van der Waals surface area contributed by atoms with Crippen molar-refractivity contribution in [2.24, 2.45) is 0 Å². The van der Waals surface area contributed by atoms with Crippen LogP contribution in [0, 0.1) is 17.0 Å². The van der Waals surface area contributed by atoms with Crippen molar-refractivity contribution in [2.45, 2.75) is 24.8 Å². The number of aryl methyl sites for hydroxylation is 1. The lowest BCUT2D eigenvalue weighted by Gasteiger charge is -2.12. The quantitative estimate of drug-likeness (QED) is 0.621. The van der Waals surface area contributed by atoms with Crippen molar-refractivity contribution < 1.29 is 23.2 Å². The molecule has 0 aliphatic rings. The lowest BCUT2D eigenvalue weighted by atomic mass is 10.2. The Morgan fingerprint density at radius 1 is 1.50 bits per heavy atom. The number of halogens is 1. The van der Waals surface area contributed by atoms with Gasteiger partial charge < -0.3 is 5.11 Å². The Hall–Kier alpha value is -1.71. The summed E-state index contributed by atoms with van der Waals surface area (Å²) in [5, 5.41) is 18.9. The number of aliphatic carboxylic acids is 1. The molecule has 0 aliphatic heterocycles. The van der Waals surface area contributed by atoms with Crippen molar-refractivity contribution in [3.8, 4) is 0 Å². The minimum atomic E-state index is -4.28.